The summed E-state index contributed by atoms with van der Waals surface area (Å²) in [7, 11) is -4.12. The number of hydrogen-bond acceptors (Lipinski definition) is 6. The average Bonchev–Trinajstić information content (AvgIpc) is 3.22. The average molecular weight is 441 g/mol. The predicted octanol–water partition coefficient (Wildman–Crippen LogP) is 4.22. The highest BCUT2D eigenvalue weighted by atomic mass is 32.2. The van der Waals surface area contributed by atoms with Crippen molar-refractivity contribution in [3.8, 4) is 17.6 Å². The molecule has 0 saturated carbocycles. The second kappa shape index (κ2) is 6.37. The van der Waals surface area contributed by atoms with Gasteiger partial charge in [0.05, 0.1) is 22.1 Å². The second-order valence-electron chi connectivity index (χ2n) is 6.62. The Hall–Kier alpha value is -3.26. The molecular formula is C19H11F4NO5S. The molecule has 0 fully saturated rings. The number of rotatable bonds is 3. The van der Waals surface area contributed by atoms with E-state index < -0.39 is 55.3 Å². The maximum atomic E-state index is 15.0. The minimum Gasteiger partial charge on any atom is -0.457 e. The topological polar surface area (TPSA) is 85.6 Å². The van der Waals surface area contributed by atoms with Crippen molar-refractivity contribution >= 4 is 9.84 Å². The zero-order chi connectivity index (χ0) is 21.9. The van der Waals surface area contributed by atoms with Gasteiger partial charge in [0.2, 0.25) is 6.17 Å². The number of ether oxygens (including phenoxy) is 3. The molecule has 2 aromatic carbocycles. The van der Waals surface area contributed by atoms with E-state index in [4.69, 9.17) is 19.5 Å². The molecule has 6 nitrogen and oxygen atoms in total. The van der Waals surface area contributed by atoms with E-state index in [-0.39, 0.29) is 11.3 Å². The van der Waals surface area contributed by atoms with E-state index >= 15 is 4.39 Å². The molecule has 1 aliphatic heterocycles. The van der Waals surface area contributed by atoms with Gasteiger partial charge in [0.1, 0.15) is 29.8 Å². The predicted molar refractivity (Wildman–Crippen MR) is 92.5 cm³/mol. The number of halogens is 4. The van der Waals surface area contributed by atoms with E-state index in [1.165, 1.54) is 0 Å². The van der Waals surface area contributed by atoms with E-state index in [9.17, 15) is 21.6 Å². The number of nitrogens with zero attached hydrogens (tertiary/aromatic N) is 1. The van der Waals surface area contributed by atoms with Crippen LogP contribution in [0.15, 0.2) is 47.8 Å². The third kappa shape index (κ3) is 2.71. The largest absolute Gasteiger partial charge is 0.457 e. The lowest BCUT2D eigenvalue weighted by Crippen LogP contribution is -2.44. The molecule has 1 atom stereocenters. The molecule has 0 aromatic heterocycles. The summed E-state index contributed by atoms with van der Waals surface area (Å²) in [6.07, 6.45) is -0.801. The first kappa shape index (κ1) is 20.0. The van der Waals surface area contributed by atoms with E-state index in [1.807, 2.05) is 0 Å². The SMILES string of the molecule is CS(=O)(=O)c1ccc(Oc2cc(F)cc(C#N)c2)c2c1C1(OC=CO1)C(F)(F)[C@@H]2F. The Kier molecular flexibility index (Phi) is 4.25. The first-order valence-corrected chi connectivity index (χ1v) is 10.2. The van der Waals surface area contributed by atoms with E-state index in [0.29, 0.717) is 0 Å². The number of alkyl halides is 3. The van der Waals surface area contributed by atoms with Gasteiger partial charge in [-0.2, -0.15) is 14.0 Å². The molecule has 0 amide bonds. The third-order valence-electron chi connectivity index (χ3n) is 4.66. The molecule has 2 aromatic rings. The van der Waals surface area contributed by atoms with Gasteiger partial charge in [-0.15, -0.1) is 0 Å². The molecule has 0 N–H and O–H groups in total. The van der Waals surface area contributed by atoms with Gasteiger partial charge >= 0.3 is 11.7 Å². The molecule has 4 rings (SSSR count). The molecule has 11 heteroatoms. The summed E-state index contributed by atoms with van der Waals surface area (Å²) in [6, 6.07) is 6.49. The summed E-state index contributed by atoms with van der Waals surface area (Å²) >= 11 is 0. The van der Waals surface area contributed by atoms with Crippen molar-refractivity contribution in [3.05, 3.63) is 65.4 Å². The van der Waals surface area contributed by atoms with Crippen molar-refractivity contribution in [2.24, 2.45) is 0 Å². The van der Waals surface area contributed by atoms with Crippen molar-refractivity contribution < 1.29 is 40.2 Å². The molecule has 0 unspecified atom stereocenters. The Morgan fingerprint density at radius 2 is 1.83 bits per heavy atom. The van der Waals surface area contributed by atoms with Crippen LogP contribution in [0.4, 0.5) is 17.6 Å². The fourth-order valence-corrected chi connectivity index (χ4v) is 4.38. The maximum absolute atomic E-state index is 15.0. The summed E-state index contributed by atoms with van der Waals surface area (Å²) < 4.78 is 98.2. The highest BCUT2D eigenvalue weighted by molar-refractivity contribution is 7.90. The molecule has 1 heterocycles. The Bertz CT molecular complexity index is 1230. The van der Waals surface area contributed by atoms with Crippen molar-refractivity contribution in [2.75, 3.05) is 6.26 Å². The van der Waals surface area contributed by atoms with Gasteiger partial charge < -0.3 is 14.2 Å². The summed E-state index contributed by atoms with van der Waals surface area (Å²) in [4.78, 5) is -0.634. The normalized spacial score (nSPS) is 20.3. The second-order valence-corrected chi connectivity index (χ2v) is 8.61. The maximum Gasteiger partial charge on any atom is 0.362 e. The zero-order valence-electron chi connectivity index (χ0n) is 15.0. The summed E-state index contributed by atoms with van der Waals surface area (Å²) in [6.45, 7) is 0. The smallest absolute Gasteiger partial charge is 0.362 e. The summed E-state index contributed by atoms with van der Waals surface area (Å²) in [5.41, 5.74) is -1.68. The minimum atomic E-state index is -4.32. The van der Waals surface area contributed by atoms with Crippen LogP contribution in [0, 0.1) is 17.1 Å². The van der Waals surface area contributed by atoms with Crippen LogP contribution in [0.1, 0.15) is 22.9 Å². The molecule has 1 aliphatic carbocycles. The van der Waals surface area contributed by atoms with Gasteiger partial charge in [-0.05, 0) is 24.3 Å². The quantitative estimate of drug-likeness (QED) is 0.663. The Balaban J connectivity index is 1.97. The van der Waals surface area contributed by atoms with Crippen molar-refractivity contribution in [1.29, 1.82) is 5.26 Å². The van der Waals surface area contributed by atoms with Crippen molar-refractivity contribution in [1.82, 2.24) is 0 Å². The molecule has 0 saturated heterocycles. The Labute approximate surface area is 167 Å². The van der Waals surface area contributed by atoms with Crippen molar-refractivity contribution in [2.45, 2.75) is 22.8 Å². The number of sulfone groups is 1. The lowest BCUT2D eigenvalue weighted by atomic mass is 10.1. The number of fused-ring (bicyclic) bond motifs is 2. The monoisotopic (exact) mass is 441 g/mol. The van der Waals surface area contributed by atoms with Crippen LogP contribution in [0.3, 0.4) is 0 Å². The minimum absolute atomic E-state index is 0.125. The first-order chi connectivity index (χ1) is 14.0. The van der Waals surface area contributed by atoms with Gasteiger partial charge in [-0.1, -0.05) is 0 Å². The lowest BCUT2D eigenvalue weighted by Gasteiger charge is -2.30. The van der Waals surface area contributed by atoms with Crippen LogP contribution < -0.4 is 4.74 Å². The van der Waals surface area contributed by atoms with Crippen LogP contribution in [0.2, 0.25) is 0 Å². The fourth-order valence-electron chi connectivity index (χ4n) is 3.45. The van der Waals surface area contributed by atoms with Gasteiger partial charge in [0.25, 0.3) is 0 Å². The molecule has 1 spiro atoms. The highest BCUT2D eigenvalue weighted by Gasteiger charge is 2.74. The van der Waals surface area contributed by atoms with E-state index in [2.05, 4.69) is 0 Å². The molecule has 0 radical (unpaired) electrons. The van der Waals surface area contributed by atoms with Crippen LogP contribution in [0.25, 0.3) is 0 Å². The fraction of sp³-hybridized carbons (Fsp3) is 0.211. The Morgan fingerprint density at radius 3 is 2.43 bits per heavy atom. The number of hydrogen-bond donors (Lipinski definition) is 0. The van der Waals surface area contributed by atoms with Crippen LogP contribution in [-0.2, 0) is 25.1 Å². The molecule has 156 valence electrons. The zero-order valence-corrected chi connectivity index (χ0v) is 15.8. The van der Waals surface area contributed by atoms with E-state index in [1.54, 1.807) is 6.07 Å². The molecule has 30 heavy (non-hydrogen) atoms. The van der Waals surface area contributed by atoms with Crippen LogP contribution >= 0.6 is 0 Å². The third-order valence-corrected chi connectivity index (χ3v) is 5.80. The molecule has 0 bridgehead atoms. The van der Waals surface area contributed by atoms with Crippen LogP contribution in [-0.4, -0.2) is 20.6 Å². The lowest BCUT2D eigenvalue weighted by molar-refractivity contribution is -0.300. The number of nitriles is 1. The van der Waals surface area contributed by atoms with Crippen LogP contribution in [0.5, 0.6) is 11.5 Å². The summed E-state index contributed by atoms with van der Waals surface area (Å²) in [5, 5.41) is 8.95. The first-order valence-electron chi connectivity index (χ1n) is 8.30. The molecule has 2 aliphatic rings. The Morgan fingerprint density at radius 1 is 1.17 bits per heavy atom. The highest BCUT2D eigenvalue weighted by Crippen LogP contribution is 2.63. The number of benzene rings is 2. The molecular weight excluding hydrogens is 430 g/mol. The summed E-state index contributed by atoms with van der Waals surface area (Å²) in [5.74, 6) is -8.99. The van der Waals surface area contributed by atoms with E-state index in [0.717, 1.165) is 49.1 Å². The van der Waals surface area contributed by atoms with Gasteiger partial charge in [0, 0.05) is 17.9 Å². The standard InChI is InChI=1S/C19H11F4NO5S/c1-30(25,26)14-3-2-13(29-12-7-10(9-24)6-11(20)8-12)15-16(14)19(27-4-5-28-19)18(22,23)17(15)21/h2-8,17H,1H3/t17-/m1/s1. The van der Waals surface area contributed by atoms with Gasteiger partial charge in [-0.25, -0.2) is 17.2 Å². The van der Waals surface area contributed by atoms with Gasteiger partial charge in [0.15, 0.2) is 9.84 Å². The van der Waals surface area contributed by atoms with Gasteiger partial charge in [-0.3, -0.25) is 0 Å². The van der Waals surface area contributed by atoms with Crippen molar-refractivity contribution in [3.63, 3.8) is 0 Å².